The Labute approximate surface area is 89.0 Å². The van der Waals surface area contributed by atoms with Crippen LogP contribution in [0.1, 0.15) is 18.1 Å². The van der Waals surface area contributed by atoms with Gasteiger partial charge in [-0.15, -0.1) is 0 Å². The van der Waals surface area contributed by atoms with Gasteiger partial charge >= 0.3 is 5.97 Å². The predicted molar refractivity (Wildman–Crippen MR) is 57.4 cm³/mol. The summed E-state index contributed by atoms with van der Waals surface area (Å²) in [7, 11) is 0. The lowest BCUT2D eigenvalue weighted by Gasteiger charge is -2.05. The van der Waals surface area contributed by atoms with E-state index in [1.807, 2.05) is 12.1 Å². The van der Waals surface area contributed by atoms with Gasteiger partial charge in [0.15, 0.2) is 0 Å². The van der Waals surface area contributed by atoms with Gasteiger partial charge in [0, 0.05) is 0 Å². The van der Waals surface area contributed by atoms with Gasteiger partial charge in [0.05, 0.1) is 12.2 Å². The van der Waals surface area contributed by atoms with Crippen LogP contribution in [0.4, 0.5) is 0 Å². The number of benzene rings is 1. The highest BCUT2D eigenvalue weighted by atomic mass is 16.5. The fourth-order valence-corrected chi connectivity index (χ4v) is 1.13. The molecule has 0 saturated heterocycles. The maximum Gasteiger partial charge on any atom is 0.307 e. The number of aliphatic carboxylic acids is 1. The summed E-state index contributed by atoms with van der Waals surface area (Å²) in [5, 5.41) is 8.58. The van der Waals surface area contributed by atoms with E-state index >= 15 is 0 Å². The third-order valence-electron chi connectivity index (χ3n) is 1.86. The van der Waals surface area contributed by atoms with Crippen LogP contribution in [-0.4, -0.2) is 11.1 Å². The molecule has 0 spiro atoms. The molecule has 0 heterocycles. The first-order chi connectivity index (χ1) is 7.08. The molecule has 0 aliphatic heterocycles. The normalized spacial score (nSPS) is 9.67. The van der Waals surface area contributed by atoms with Gasteiger partial charge in [0.25, 0.3) is 0 Å². The van der Waals surface area contributed by atoms with Crippen LogP contribution >= 0.6 is 0 Å². The maximum absolute atomic E-state index is 10.4. The highest BCUT2D eigenvalue weighted by Gasteiger charge is 2.00. The summed E-state index contributed by atoms with van der Waals surface area (Å²) in [4.78, 5) is 10.4. The molecule has 0 aliphatic rings. The van der Waals surface area contributed by atoms with Gasteiger partial charge < -0.3 is 9.84 Å². The van der Waals surface area contributed by atoms with Crippen LogP contribution in [0.25, 0.3) is 0 Å². The van der Waals surface area contributed by atoms with Crippen molar-refractivity contribution in [2.24, 2.45) is 0 Å². The molecule has 0 fully saturated rings. The summed E-state index contributed by atoms with van der Waals surface area (Å²) in [6.45, 7) is 5.89. The smallest absolute Gasteiger partial charge is 0.307 e. The van der Waals surface area contributed by atoms with E-state index < -0.39 is 5.97 Å². The third-order valence-corrected chi connectivity index (χ3v) is 1.86. The Morgan fingerprint density at radius 1 is 1.33 bits per heavy atom. The number of carboxylic acid groups (broad SMARTS) is 1. The molecule has 1 aromatic rings. The molecule has 0 unspecified atom stereocenters. The number of rotatable bonds is 5. The quantitative estimate of drug-likeness (QED) is 0.752. The Balaban J connectivity index is 2.56. The summed E-state index contributed by atoms with van der Waals surface area (Å²) in [6.07, 6.45) is 0.0572. The van der Waals surface area contributed by atoms with Crippen molar-refractivity contribution in [3.05, 3.63) is 47.7 Å². The fourth-order valence-electron chi connectivity index (χ4n) is 1.13. The minimum Gasteiger partial charge on any atom is -0.494 e. The van der Waals surface area contributed by atoms with Gasteiger partial charge in [-0.25, -0.2) is 0 Å². The van der Waals surface area contributed by atoms with E-state index in [1.54, 1.807) is 19.1 Å². The third kappa shape index (κ3) is 4.31. The lowest BCUT2D eigenvalue weighted by molar-refractivity contribution is -0.136. The van der Waals surface area contributed by atoms with Gasteiger partial charge in [-0.05, 0) is 18.1 Å². The van der Waals surface area contributed by atoms with Crippen molar-refractivity contribution in [3.63, 3.8) is 0 Å². The van der Waals surface area contributed by atoms with Crippen molar-refractivity contribution in [1.82, 2.24) is 0 Å². The van der Waals surface area contributed by atoms with Crippen LogP contribution in [0.5, 0.6) is 0 Å². The summed E-state index contributed by atoms with van der Waals surface area (Å²) in [5.74, 6) is -0.148. The monoisotopic (exact) mass is 206 g/mol. The Bertz CT molecular complexity index is 352. The van der Waals surface area contributed by atoms with Crippen LogP contribution in [0.3, 0.4) is 0 Å². The molecule has 0 saturated carbocycles. The van der Waals surface area contributed by atoms with Crippen molar-refractivity contribution in [2.75, 3.05) is 0 Å². The summed E-state index contributed by atoms with van der Waals surface area (Å²) in [6, 6.07) is 7.32. The highest BCUT2D eigenvalue weighted by Crippen LogP contribution is 2.08. The van der Waals surface area contributed by atoms with Crippen LogP contribution in [0.2, 0.25) is 0 Å². The molecule has 15 heavy (non-hydrogen) atoms. The van der Waals surface area contributed by atoms with Crippen LogP contribution < -0.4 is 0 Å². The van der Waals surface area contributed by atoms with Gasteiger partial charge in [0.1, 0.15) is 6.61 Å². The lowest BCUT2D eigenvalue weighted by atomic mass is 10.1. The van der Waals surface area contributed by atoms with Crippen molar-refractivity contribution >= 4 is 5.97 Å². The van der Waals surface area contributed by atoms with Gasteiger partial charge in [0.2, 0.25) is 0 Å². The first-order valence-corrected chi connectivity index (χ1v) is 4.66. The van der Waals surface area contributed by atoms with Crippen LogP contribution in [-0.2, 0) is 22.6 Å². The highest BCUT2D eigenvalue weighted by molar-refractivity contribution is 5.70. The molecule has 1 N–H and O–H groups in total. The molecule has 1 rings (SSSR count). The van der Waals surface area contributed by atoms with E-state index in [-0.39, 0.29) is 6.42 Å². The first-order valence-electron chi connectivity index (χ1n) is 4.66. The average Bonchev–Trinajstić information content (AvgIpc) is 2.16. The minimum absolute atomic E-state index is 0.0572. The molecule has 0 bridgehead atoms. The van der Waals surface area contributed by atoms with E-state index in [0.29, 0.717) is 12.4 Å². The molecule has 0 aliphatic carbocycles. The number of carbonyl (C=O) groups is 1. The molecular weight excluding hydrogens is 192 g/mol. The van der Waals surface area contributed by atoms with Gasteiger partial charge in [-0.2, -0.15) is 0 Å². The fraction of sp³-hybridized carbons (Fsp3) is 0.250. The molecule has 3 nitrogen and oxygen atoms in total. The lowest BCUT2D eigenvalue weighted by Crippen LogP contribution is -2.00. The summed E-state index contributed by atoms with van der Waals surface area (Å²) >= 11 is 0. The van der Waals surface area contributed by atoms with Crippen molar-refractivity contribution in [2.45, 2.75) is 20.0 Å². The molecule has 3 heteroatoms. The molecular formula is C12H14O3. The van der Waals surface area contributed by atoms with Gasteiger partial charge in [-0.3, -0.25) is 4.79 Å². The van der Waals surface area contributed by atoms with Crippen molar-refractivity contribution in [3.8, 4) is 0 Å². The summed E-state index contributed by atoms with van der Waals surface area (Å²) < 4.78 is 5.24. The molecule has 0 atom stereocenters. The number of carboxylic acids is 1. The minimum atomic E-state index is -0.819. The predicted octanol–water partition coefficient (Wildman–Crippen LogP) is 2.36. The Hall–Kier alpha value is -1.77. The van der Waals surface area contributed by atoms with Crippen LogP contribution in [0.15, 0.2) is 36.6 Å². The van der Waals surface area contributed by atoms with E-state index in [2.05, 4.69) is 6.58 Å². The molecule has 0 radical (unpaired) electrons. The largest absolute Gasteiger partial charge is 0.494 e. The van der Waals surface area contributed by atoms with E-state index in [0.717, 1.165) is 11.1 Å². The van der Waals surface area contributed by atoms with Crippen LogP contribution in [0, 0.1) is 0 Å². The molecule has 0 amide bonds. The second-order valence-corrected chi connectivity index (χ2v) is 3.38. The van der Waals surface area contributed by atoms with Crippen molar-refractivity contribution in [1.29, 1.82) is 0 Å². The van der Waals surface area contributed by atoms with E-state index in [1.165, 1.54) is 0 Å². The Morgan fingerprint density at radius 3 is 2.33 bits per heavy atom. The molecule has 1 aromatic carbocycles. The second-order valence-electron chi connectivity index (χ2n) is 3.38. The zero-order valence-electron chi connectivity index (χ0n) is 8.69. The Morgan fingerprint density at radius 2 is 1.87 bits per heavy atom. The number of ether oxygens (including phenoxy) is 1. The summed E-state index contributed by atoms with van der Waals surface area (Å²) in [5.41, 5.74) is 1.80. The second kappa shape index (κ2) is 5.20. The number of allylic oxidation sites excluding steroid dienone is 1. The van der Waals surface area contributed by atoms with E-state index in [4.69, 9.17) is 9.84 Å². The first kappa shape index (κ1) is 11.3. The standard InChI is InChI=1S/C12H14O3/c1-9(2)15-8-11-5-3-10(4-6-11)7-12(13)14/h3-6H,1,7-8H2,2H3,(H,13,14). The van der Waals surface area contributed by atoms with E-state index in [9.17, 15) is 4.79 Å². The zero-order chi connectivity index (χ0) is 11.3. The van der Waals surface area contributed by atoms with Gasteiger partial charge in [-0.1, -0.05) is 30.8 Å². The Kier molecular flexibility index (Phi) is 3.92. The zero-order valence-corrected chi connectivity index (χ0v) is 8.69. The maximum atomic E-state index is 10.4. The van der Waals surface area contributed by atoms with Crippen molar-refractivity contribution < 1.29 is 14.6 Å². The average molecular weight is 206 g/mol. The topological polar surface area (TPSA) is 46.5 Å². The number of hydrogen-bond donors (Lipinski definition) is 1. The SMILES string of the molecule is C=C(C)OCc1ccc(CC(=O)O)cc1. The molecule has 0 aromatic heterocycles. The molecule has 80 valence electrons. The number of hydrogen-bond acceptors (Lipinski definition) is 2.